The van der Waals surface area contributed by atoms with Gasteiger partial charge in [-0.15, -0.1) is 0 Å². The summed E-state index contributed by atoms with van der Waals surface area (Å²) >= 11 is 0. The summed E-state index contributed by atoms with van der Waals surface area (Å²) in [7, 11) is 1.62. The summed E-state index contributed by atoms with van der Waals surface area (Å²) in [5.74, 6) is 0.746. The number of nitrogens with one attached hydrogen (secondary N) is 1. The number of benzene rings is 1. The lowest BCUT2D eigenvalue weighted by atomic mass is 10.2. The minimum absolute atomic E-state index is 0.0361. The second kappa shape index (κ2) is 10.0. The summed E-state index contributed by atoms with van der Waals surface area (Å²) in [6.07, 6.45) is 0.911. The van der Waals surface area contributed by atoms with E-state index in [2.05, 4.69) is 5.32 Å². The number of nitrogens with zero attached hydrogens (tertiary/aromatic N) is 2. The molecule has 0 radical (unpaired) electrons. The number of hydrogen-bond donors (Lipinski definition) is 1. The number of amides is 3. The van der Waals surface area contributed by atoms with Crippen LogP contribution >= 0.6 is 0 Å². The Hall–Kier alpha value is -2.28. The minimum Gasteiger partial charge on any atom is -0.497 e. The summed E-state index contributed by atoms with van der Waals surface area (Å²) in [5.41, 5.74) is 1.04. The van der Waals surface area contributed by atoms with Crippen molar-refractivity contribution in [2.45, 2.75) is 32.9 Å². The topological polar surface area (TPSA) is 71.1 Å². The Bertz CT molecular complexity index is 591. The Morgan fingerprint density at radius 1 is 1.27 bits per heavy atom. The van der Waals surface area contributed by atoms with Gasteiger partial charge in [0.25, 0.3) is 0 Å². The Morgan fingerprint density at radius 3 is 2.62 bits per heavy atom. The lowest BCUT2D eigenvalue weighted by Crippen LogP contribution is -2.54. The molecule has 0 spiro atoms. The van der Waals surface area contributed by atoms with Gasteiger partial charge < -0.3 is 24.6 Å². The number of hydrogen-bond acceptors (Lipinski definition) is 4. The molecule has 1 aromatic rings. The van der Waals surface area contributed by atoms with E-state index < -0.39 is 0 Å². The van der Waals surface area contributed by atoms with Crippen molar-refractivity contribution in [3.05, 3.63) is 29.8 Å². The van der Waals surface area contributed by atoms with Gasteiger partial charge in [0.05, 0.1) is 13.2 Å². The normalized spacial score (nSPS) is 15.7. The summed E-state index contributed by atoms with van der Waals surface area (Å²) in [6, 6.07) is 7.44. The van der Waals surface area contributed by atoms with Crippen molar-refractivity contribution in [2.24, 2.45) is 0 Å². The molecule has 26 heavy (non-hydrogen) atoms. The van der Waals surface area contributed by atoms with Gasteiger partial charge in [-0.3, -0.25) is 4.79 Å². The third-order valence-electron chi connectivity index (χ3n) is 4.29. The van der Waals surface area contributed by atoms with E-state index in [0.717, 1.165) is 17.7 Å². The number of ether oxygens (including phenoxy) is 2. The summed E-state index contributed by atoms with van der Waals surface area (Å²) in [5, 5.41) is 2.84. The van der Waals surface area contributed by atoms with Crippen LogP contribution in [0.25, 0.3) is 0 Å². The summed E-state index contributed by atoms with van der Waals surface area (Å²) in [6.45, 7) is 6.79. The van der Waals surface area contributed by atoms with Gasteiger partial charge in [-0.1, -0.05) is 19.1 Å². The minimum atomic E-state index is -0.214. The van der Waals surface area contributed by atoms with Crippen molar-refractivity contribution >= 4 is 11.9 Å². The van der Waals surface area contributed by atoms with E-state index in [1.807, 2.05) is 38.1 Å². The lowest BCUT2D eigenvalue weighted by molar-refractivity contribution is -0.135. The number of urea groups is 1. The quantitative estimate of drug-likeness (QED) is 0.765. The molecule has 1 heterocycles. The average Bonchev–Trinajstić information content (AvgIpc) is 2.66. The molecule has 0 aliphatic carbocycles. The third kappa shape index (κ3) is 5.91. The molecule has 0 aromatic heterocycles. The van der Waals surface area contributed by atoms with Gasteiger partial charge in [-0.2, -0.15) is 0 Å². The highest BCUT2D eigenvalue weighted by molar-refractivity contribution is 5.85. The van der Waals surface area contributed by atoms with E-state index >= 15 is 0 Å². The Balaban J connectivity index is 1.77. The highest BCUT2D eigenvalue weighted by Crippen LogP contribution is 2.14. The first-order valence-electron chi connectivity index (χ1n) is 9.08. The zero-order valence-electron chi connectivity index (χ0n) is 15.9. The van der Waals surface area contributed by atoms with Crippen LogP contribution in [0.15, 0.2) is 24.3 Å². The molecule has 1 atom stereocenters. The molecule has 144 valence electrons. The fraction of sp³-hybridized carbons (Fsp3) is 0.579. The van der Waals surface area contributed by atoms with Crippen LogP contribution in [0.4, 0.5) is 4.79 Å². The fourth-order valence-corrected chi connectivity index (χ4v) is 2.72. The SMILES string of the molecule is CCCO[C@H](C)CNC(=O)N1CCN(Cc2ccc(OC)cc2)C(=O)C1. The van der Waals surface area contributed by atoms with Gasteiger partial charge in [0.15, 0.2) is 0 Å². The van der Waals surface area contributed by atoms with Crippen LogP contribution in [-0.2, 0) is 16.1 Å². The highest BCUT2D eigenvalue weighted by Gasteiger charge is 2.27. The van der Waals surface area contributed by atoms with E-state index in [1.165, 1.54) is 0 Å². The molecular weight excluding hydrogens is 334 g/mol. The third-order valence-corrected chi connectivity index (χ3v) is 4.29. The van der Waals surface area contributed by atoms with Gasteiger partial charge >= 0.3 is 6.03 Å². The number of carbonyl (C=O) groups excluding carboxylic acids is 2. The predicted molar refractivity (Wildman–Crippen MR) is 99.1 cm³/mol. The predicted octanol–water partition coefficient (Wildman–Crippen LogP) is 1.86. The average molecular weight is 363 g/mol. The van der Waals surface area contributed by atoms with Crippen molar-refractivity contribution in [1.29, 1.82) is 0 Å². The monoisotopic (exact) mass is 363 g/mol. The van der Waals surface area contributed by atoms with E-state index in [1.54, 1.807) is 16.9 Å². The van der Waals surface area contributed by atoms with E-state index in [9.17, 15) is 9.59 Å². The highest BCUT2D eigenvalue weighted by atomic mass is 16.5. The number of piperazine rings is 1. The van der Waals surface area contributed by atoms with E-state index in [0.29, 0.717) is 32.8 Å². The van der Waals surface area contributed by atoms with Crippen molar-refractivity contribution < 1.29 is 19.1 Å². The maximum atomic E-state index is 12.4. The second-order valence-electron chi connectivity index (χ2n) is 6.45. The van der Waals surface area contributed by atoms with E-state index in [4.69, 9.17) is 9.47 Å². The summed E-state index contributed by atoms with van der Waals surface area (Å²) < 4.78 is 10.7. The summed E-state index contributed by atoms with van der Waals surface area (Å²) in [4.78, 5) is 27.9. The van der Waals surface area contributed by atoms with Gasteiger partial charge in [0.1, 0.15) is 12.3 Å². The zero-order valence-corrected chi connectivity index (χ0v) is 15.9. The van der Waals surface area contributed by atoms with E-state index in [-0.39, 0.29) is 24.6 Å². The van der Waals surface area contributed by atoms with Gasteiger partial charge in [-0.25, -0.2) is 4.79 Å². The number of methoxy groups -OCH3 is 1. The van der Waals surface area contributed by atoms with Crippen LogP contribution in [0.2, 0.25) is 0 Å². The van der Waals surface area contributed by atoms with Crippen LogP contribution in [0.3, 0.4) is 0 Å². The molecule has 3 amide bonds. The van der Waals surface area contributed by atoms with Crippen LogP contribution in [0, 0.1) is 0 Å². The Labute approximate surface area is 155 Å². The molecule has 1 aliphatic rings. The number of rotatable bonds is 8. The molecular formula is C19H29N3O4. The lowest BCUT2D eigenvalue weighted by Gasteiger charge is -2.34. The molecule has 7 nitrogen and oxygen atoms in total. The first-order chi connectivity index (χ1) is 12.5. The molecule has 1 fully saturated rings. The molecule has 1 saturated heterocycles. The zero-order chi connectivity index (χ0) is 18.9. The van der Waals surface area contributed by atoms with Crippen molar-refractivity contribution in [3.63, 3.8) is 0 Å². The smallest absolute Gasteiger partial charge is 0.318 e. The fourth-order valence-electron chi connectivity index (χ4n) is 2.72. The molecule has 0 saturated carbocycles. The molecule has 0 unspecified atom stereocenters. The van der Waals surface area contributed by atoms with Gasteiger partial charge in [0, 0.05) is 32.8 Å². The number of carbonyl (C=O) groups is 2. The van der Waals surface area contributed by atoms with Crippen LogP contribution in [-0.4, -0.2) is 67.7 Å². The second-order valence-corrected chi connectivity index (χ2v) is 6.45. The van der Waals surface area contributed by atoms with Crippen molar-refractivity contribution in [1.82, 2.24) is 15.1 Å². The maximum absolute atomic E-state index is 12.4. The molecule has 1 aromatic carbocycles. The van der Waals surface area contributed by atoms with Gasteiger partial charge in [0.2, 0.25) is 5.91 Å². The molecule has 7 heteroatoms. The first kappa shape index (κ1) is 20.0. The largest absolute Gasteiger partial charge is 0.497 e. The van der Waals surface area contributed by atoms with Crippen LogP contribution < -0.4 is 10.1 Å². The standard InChI is InChI=1S/C19H29N3O4/c1-4-11-26-15(2)12-20-19(24)22-10-9-21(18(23)14-22)13-16-5-7-17(25-3)8-6-16/h5-8,15H,4,9-14H2,1-3H3,(H,20,24)/t15-/m1/s1. The van der Waals surface area contributed by atoms with Crippen LogP contribution in [0.1, 0.15) is 25.8 Å². The molecule has 2 rings (SSSR count). The molecule has 1 aliphatic heterocycles. The maximum Gasteiger partial charge on any atom is 0.318 e. The first-order valence-corrected chi connectivity index (χ1v) is 9.08. The molecule has 1 N–H and O–H groups in total. The molecule has 0 bridgehead atoms. The van der Waals surface area contributed by atoms with Crippen LogP contribution in [0.5, 0.6) is 5.75 Å². The Kier molecular flexibility index (Phi) is 7.72. The van der Waals surface area contributed by atoms with Gasteiger partial charge in [-0.05, 0) is 31.0 Å². The van der Waals surface area contributed by atoms with Crippen molar-refractivity contribution in [3.8, 4) is 5.75 Å². The Morgan fingerprint density at radius 2 is 2.00 bits per heavy atom. The van der Waals surface area contributed by atoms with Crippen molar-refractivity contribution in [2.75, 3.05) is 39.9 Å².